The third kappa shape index (κ3) is 5.34. The van der Waals surface area contributed by atoms with Crippen LogP contribution in [0.25, 0.3) is 5.69 Å². The molecule has 4 heterocycles. The number of amides is 1. The SMILES string of the molecule is O=C1CCN1Cc1ccc(Oc2ccc(-n3ncc(NC[C@@]4(F)CCCOC4)c(Cl)c3=O)cn2)cc1. The quantitative estimate of drug-likeness (QED) is 0.458. The van der Waals surface area contributed by atoms with Crippen molar-refractivity contribution < 1.29 is 18.7 Å². The largest absolute Gasteiger partial charge is 0.439 e. The Bertz CT molecular complexity index is 1290. The Balaban J connectivity index is 1.22. The fraction of sp³-hybridized carbons (Fsp3) is 0.360. The summed E-state index contributed by atoms with van der Waals surface area (Å²) in [6.45, 7) is 1.92. The van der Waals surface area contributed by atoms with E-state index in [-0.39, 0.29) is 29.8 Å². The maximum Gasteiger partial charge on any atom is 0.292 e. The van der Waals surface area contributed by atoms with Gasteiger partial charge in [-0.2, -0.15) is 9.78 Å². The molecule has 0 bridgehead atoms. The molecule has 9 nitrogen and oxygen atoms in total. The van der Waals surface area contributed by atoms with Crippen LogP contribution in [-0.2, 0) is 16.1 Å². The van der Waals surface area contributed by atoms with E-state index in [9.17, 15) is 14.0 Å². The number of hydrogen-bond acceptors (Lipinski definition) is 7. The monoisotopic (exact) mass is 513 g/mol. The number of ether oxygens (including phenoxy) is 2. The highest BCUT2D eigenvalue weighted by Gasteiger charge is 2.32. The molecule has 1 atom stereocenters. The van der Waals surface area contributed by atoms with Crippen LogP contribution in [0, 0.1) is 0 Å². The molecule has 188 valence electrons. The summed E-state index contributed by atoms with van der Waals surface area (Å²) in [6, 6.07) is 10.7. The van der Waals surface area contributed by atoms with Crippen molar-refractivity contribution >= 4 is 23.2 Å². The van der Waals surface area contributed by atoms with Crippen molar-refractivity contribution in [2.24, 2.45) is 0 Å². The molecule has 1 aromatic carbocycles. The molecular weight excluding hydrogens is 489 g/mol. The second-order valence-electron chi connectivity index (χ2n) is 8.92. The van der Waals surface area contributed by atoms with Crippen LogP contribution >= 0.6 is 11.6 Å². The lowest BCUT2D eigenvalue weighted by Crippen LogP contribution is -2.42. The lowest BCUT2D eigenvalue weighted by atomic mass is 9.99. The van der Waals surface area contributed by atoms with Crippen LogP contribution in [0.4, 0.5) is 10.1 Å². The van der Waals surface area contributed by atoms with Crippen LogP contribution in [0.1, 0.15) is 24.8 Å². The number of hydrogen-bond donors (Lipinski definition) is 1. The predicted octanol–water partition coefficient (Wildman–Crippen LogP) is 3.74. The van der Waals surface area contributed by atoms with Crippen molar-refractivity contribution in [3.05, 3.63) is 69.7 Å². The number of aromatic nitrogens is 3. The van der Waals surface area contributed by atoms with Crippen LogP contribution in [0.5, 0.6) is 11.6 Å². The van der Waals surface area contributed by atoms with E-state index in [1.54, 1.807) is 17.0 Å². The molecule has 1 N–H and O–H groups in total. The first kappa shape index (κ1) is 24.2. The van der Waals surface area contributed by atoms with Crippen LogP contribution in [-0.4, -0.2) is 57.5 Å². The van der Waals surface area contributed by atoms with Crippen LogP contribution < -0.4 is 15.6 Å². The van der Waals surface area contributed by atoms with Gasteiger partial charge in [-0.05, 0) is 36.6 Å². The first-order valence-electron chi connectivity index (χ1n) is 11.7. The number of anilines is 1. The molecule has 36 heavy (non-hydrogen) atoms. The van der Waals surface area contributed by atoms with Gasteiger partial charge in [-0.3, -0.25) is 9.59 Å². The van der Waals surface area contributed by atoms with E-state index in [0.29, 0.717) is 49.7 Å². The van der Waals surface area contributed by atoms with Crippen molar-refractivity contribution in [1.29, 1.82) is 0 Å². The van der Waals surface area contributed by atoms with Crippen molar-refractivity contribution in [2.75, 3.05) is 31.6 Å². The summed E-state index contributed by atoms with van der Waals surface area (Å²) in [5.74, 6) is 1.10. The normalized spacial score (nSPS) is 19.6. The van der Waals surface area contributed by atoms with E-state index >= 15 is 0 Å². The van der Waals surface area contributed by atoms with E-state index in [1.165, 1.54) is 12.4 Å². The van der Waals surface area contributed by atoms with Crippen LogP contribution in [0.15, 0.2) is 53.6 Å². The zero-order valence-electron chi connectivity index (χ0n) is 19.5. The Labute approximate surface area is 211 Å². The van der Waals surface area contributed by atoms with Crippen molar-refractivity contribution in [2.45, 2.75) is 31.5 Å². The van der Waals surface area contributed by atoms with Gasteiger partial charge in [-0.1, -0.05) is 23.7 Å². The Morgan fingerprint density at radius 1 is 1.17 bits per heavy atom. The average Bonchev–Trinajstić information content (AvgIpc) is 2.89. The Morgan fingerprint density at radius 2 is 2.00 bits per heavy atom. The number of nitrogens with zero attached hydrogens (tertiary/aromatic N) is 4. The molecule has 1 amide bonds. The van der Waals surface area contributed by atoms with Crippen molar-refractivity contribution in [3.63, 3.8) is 0 Å². The number of pyridine rings is 1. The third-order valence-corrected chi connectivity index (χ3v) is 6.59. The van der Waals surface area contributed by atoms with Gasteiger partial charge in [0.1, 0.15) is 10.8 Å². The van der Waals surface area contributed by atoms with E-state index in [0.717, 1.165) is 16.8 Å². The minimum absolute atomic E-state index is 0.00591. The molecule has 2 aromatic heterocycles. The fourth-order valence-corrected chi connectivity index (χ4v) is 4.24. The molecule has 0 saturated carbocycles. The Hall–Kier alpha value is -3.50. The van der Waals surface area contributed by atoms with Gasteiger partial charge in [0.05, 0.1) is 36.9 Å². The number of benzene rings is 1. The molecule has 5 rings (SSSR count). The van der Waals surface area contributed by atoms with E-state index in [2.05, 4.69) is 15.4 Å². The first-order valence-corrected chi connectivity index (χ1v) is 12.1. The smallest absolute Gasteiger partial charge is 0.292 e. The summed E-state index contributed by atoms with van der Waals surface area (Å²) < 4.78 is 26.9. The van der Waals surface area contributed by atoms with Crippen molar-refractivity contribution in [3.8, 4) is 17.3 Å². The third-order valence-electron chi connectivity index (χ3n) is 6.22. The minimum Gasteiger partial charge on any atom is -0.439 e. The lowest BCUT2D eigenvalue weighted by molar-refractivity contribution is -0.140. The Morgan fingerprint density at radius 3 is 2.64 bits per heavy atom. The molecule has 2 saturated heterocycles. The number of carbonyl (C=O) groups excluding carboxylic acids is 1. The lowest BCUT2D eigenvalue weighted by Gasteiger charge is -2.30. The van der Waals surface area contributed by atoms with Gasteiger partial charge in [-0.25, -0.2) is 9.37 Å². The number of halogens is 2. The highest BCUT2D eigenvalue weighted by molar-refractivity contribution is 6.32. The number of β-lactam (4-membered cyclic amide) rings is 1. The molecule has 0 spiro atoms. The summed E-state index contributed by atoms with van der Waals surface area (Å²) in [6.07, 6.45) is 4.48. The molecule has 2 aliphatic heterocycles. The molecule has 11 heteroatoms. The average molecular weight is 514 g/mol. The maximum absolute atomic E-state index is 14.8. The molecule has 0 aliphatic carbocycles. The number of alkyl halides is 1. The molecule has 2 aliphatic rings. The summed E-state index contributed by atoms with van der Waals surface area (Å²) in [5, 5.41) is 6.95. The standard InChI is InChI=1S/C25H25ClFN5O4/c26-23-20(29-15-25(27)9-1-11-35-16-25)13-30-32(24(23)34)18-4-7-21(28-12-18)36-19-5-2-17(3-6-19)14-31-10-8-22(31)33/h2-7,12-13,29H,1,8-11,14-16H2/t25-/m0/s1. The summed E-state index contributed by atoms with van der Waals surface area (Å²) >= 11 is 6.26. The van der Waals surface area contributed by atoms with Gasteiger partial charge < -0.3 is 19.7 Å². The second-order valence-corrected chi connectivity index (χ2v) is 9.29. The van der Waals surface area contributed by atoms with Crippen molar-refractivity contribution in [1.82, 2.24) is 19.7 Å². The van der Waals surface area contributed by atoms with Gasteiger partial charge in [0, 0.05) is 32.2 Å². The van der Waals surface area contributed by atoms with E-state index in [4.69, 9.17) is 21.1 Å². The highest BCUT2D eigenvalue weighted by Crippen LogP contribution is 2.26. The second kappa shape index (κ2) is 10.2. The zero-order chi connectivity index (χ0) is 25.1. The summed E-state index contributed by atoms with van der Waals surface area (Å²) in [7, 11) is 0. The zero-order valence-corrected chi connectivity index (χ0v) is 20.2. The first-order chi connectivity index (χ1) is 17.4. The molecular formula is C25H25ClFN5O4. The highest BCUT2D eigenvalue weighted by atomic mass is 35.5. The van der Waals surface area contributed by atoms with Gasteiger partial charge in [0.15, 0.2) is 5.67 Å². The predicted molar refractivity (Wildman–Crippen MR) is 132 cm³/mol. The van der Waals surface area contributed by atoms with E-state index < -0.39 is 11.2 Å². The maximum atomic E-state index is 14.8. The molecule has 2 fully saturated rings. The van der Waals surface area contributed by atoms with Gasteiger partial charge in [-0.15, -0.1) is 0 Å². The summed E-state index contributed by atoms with van der Waals surface area (Å²) in [4.78, 5) is 30.3. The Kier molecular flexibility index (Phi) is 6.88. The number of carbonyl (C=O) groups is 1. The number of nitrogens with one attached hydrogen (secondary N) is 1. The van der Waals surface area contributed by atoms with E-state index in [1.807, 2.05) is 24.3 Å². The molecule has 3 aromatic rings. The van der Waals surface area contributed by atoms with Crippen LogP contribution in [0.2, 0.25) is 5.02 Å². The fourth-order valence-electron chi connectivity index (χ4n) is 4.04. The molecule has 0 radical (unpaired) electrons. The topological polar surface area (TPSA) is 98.6 Å². The minimum atomic E-state index is -1.51. The van der Waals surface area contributed by atoms with Gasteiger partial charge in [0.25, 0.3) is 5.56 Å². The van der Waals surface area contributed by atoms with Crippen LogP contribution in [0.3, 0.4) is 0 Å². The number of likely N-dealkylation sites (tertiary alicyclic amines) is 1. The number of rotatable bonds is 8. The molecule has 0 unspecified atom stereocenters. The van der Waals surface area contributed by atoms with Gasteiger partial charge in [0.2, 0.25) is 11.8 Å². The summed E-state index contributed by atoms with van der Waals surface area (Å²) in [5.41, 5.74) is -0.383. The van der Waals surface area contributed by atoms with Gasteiger partial charge >= 0.3 is 0 Å².